The minimum atomic E-state index is 0.857. The van der Waals surface area contributed by atoms with Crippen LogP contribution in [0, 0.1) is 5.92 Å². The van der Waals surface area contributed by atoms with E-state index in [1.54, 1.807) is 0 Å². The van der Waals surface area contributed by atoms with Gasteiger partial charge < -0.3 is 4.57 Å². The molecule has 1 saturated carbocycles. The molecule has 0 bridgehead atoms. The molecule has 1 aliphatic carbocycles. The number of hydrogen-bond donors (Lipinski definition) is 0. The van der Waals surface area contributed by atoms with Gasteiger partial charge in [-0.05, 0) is 38.1 Å². The summed E-state index contributed by atoms with van der Waals surface area (Å²) in [6.07, 6.45) is 11.2. The van der Waals surface area contributed by atoms with E-state index >= 15 is 0 Å². The average Bonchev–Trinajstić information content (AvgIpc) is 2.87. The lowest BCUT2D eigenvalue weighted by molar-refractivity contribution is 0.104. The predicted octanol–water partition coefficient (Wildman–Crippen LogP) is 2.18. The first-order chi connectivity index (χ1) is 7.83. The summed E-state index contributed by atoms with van der Waals surface area (Å²) < 4.78 is 2.05. The zero-order valence-corrected chi connectivity index (χ0v) is 10.1. The van der Waals surface area contributed by atoms with Crippen LogP contribution < -0.4 is 0 Å². The lowest BCUT2D eigenvalue weighted by atomic mass is 9.92. The fourth-order valence-corrected chi connectivity index (χ4v) is 3.51. The smallest absolute Gasteiger partial charge is 0.0947 e. The Morgan fingerprint density at radius 2 is 2.19 bits per heavy atom. The molecular formula is C13H21N3. The highest BCUT2D eigenvalue weighted by molar-refractivity contribution is 4.99. The van der Waals surface area contributed by atoms with Gasteiger partial charge in [-0.25, -0.2) is 4.98 Å². The maximum absolute atomic E-state index is 4.45. The topological polar surface area (TPSA) is 21.1 Å². The number of fused-ring (bicyclic) bond motifs is 1. The van der Waals surface area contributed by atoms with Crippen LogP contribution in [0.1, 0.15) is 37.8 Å². The molecule has 3 heteroatoms. The Labute approximate surface area is 97.5 Å². The maximum Gasteiger partial charge on any atom is 0.0947 e. The quantitative estimate of drug-likeness (QED) is 0.760. The zero-order chi connectivity index (χ0) is 11.0. The highest BCUT2D eigenvalue weighted by atomic mass is 15.2. The summed E-state index contributed by atoms with van der Waals surface area (Å²) in [6, 6.07) is 0.857. The standard InChI is InChI=1S/C13H21N3/c1-15-8-12(14-10-15)9-16-7-3-5-11-4-2-6-13(11)16/h8,10-11,13H,2-7,9H2,1H3. The van der Waals surface area contributed by atoms with Crippen LogP contribution in [-0.4, -0.2) is 27.0 Å². The van der Waals surface area contributed by atoms with E-state index in [9.17, 15) is 0 Å². The molecule has 2 aliphatic rings. The number of likely N-dealkylation sites (tertiary alicyclic amines) is 1. The van der Waals surface area contributed by atoms with E-state index in [1.807, 2.05) is 17.9 Å². The van der Waals surface area contributed by atoms with Gasteiger partial charge in [0.25, 0.3) is 0 Å². The number of imidazole rings is 1. The van der Waals surface area contributed by atoms with Gasteiger partial charge in [-0.2, -0.15) is 0 Å². The van der Waals surface area contributed by atoms with Crippen molar-refractivity contribution < 1.29 is 0 Å². The number of aromatic nitrogens is 2. The van der Waals surface area contributed by atoms with E-state index in [1.165, 1.54) is 44.3 Å². The Morgan fingerprint density at radius 3 is 3.00 bits per heavy atom. The molecule has 0 N–H and O–H groups in total. The van der Waals surface area contributed by atoms with Crippen LogP contribution in [0.2, 0.25) is 0 Å². The largest absolute Gasteiger partial charge is 0.340 e. The molecule has 2 fully saturated rings. The molecular weight excluding hydrogens is 198 g/mol. The minimum absolute atomic E-state index is 0.857. The Morgan fingerprint density at radius 1 is 1.31 bits per heavy atom. The van der Waals surface area contributed by atoms with Gasteiger partial charge >= 0.3 is 0 Å². The third kappa shape index (κ3) is 1.88. The zero-order valence-electron chi connectivity index (χ0n) is 10.1. The third-order valence-corrected chi connectivity index (χ3v) is 4.23. The van der Waals surface area contributed by atoms with Gasteiger partial charge in [0.1, 0.15) is 0 Å². The van der Waals surface area contributed by atoms with Gasteiger partial charge in [-0.15, -0.1) is 0 Å². The molecule has 0 radical (unpaired) electrons. The molecule has 3 nitrogen and oxygen atoms in total. The minimum Gasteiger partial charge on any atom is -0.340 e. The predicted molar refractivity (Wildman–Crippen MR) is 64.0 cm³/mol. The first kappa shape index (κ1) is 10.3. The van der Waals surface area contributed by atoms with Crippen molar-refractivity contribution in [1.29, 1.82) is 0 Å². The summed E-state index contributed by atoms with van der Waals surface area (Å²) in [7, 11) is 2.05. The fraction of sp³-hybridized carbons (Fsp3) is 0.769. The molecule has 2 atom stereocenters. The van der Waals surface area contributed by atoms with Gasteiger partial charge in [-0.3, -0.25) is 4.90 Å². The van der Waals surface area contributed by atoms with Gasteiger partial charge in [-0.1, -0.05) is 6.42 Å². The van der Waals surface area contributed by atoms with Crippen molar-refractivity contribution in [2.75, 3.05) is 6.54 Å². The van der Waals surface area contributed by atoms with Gasteiger partial charge in [0.2, 0.25) is 0 Å². The molecule has 16 heavy (non-hydrogen) atoms. The number of aryl methyl sites for hydroxylation is 1. The van der Waals surface area contributed by atoms with Crippen LogP contribution in [0.4, 0.5) is 0 Å². The van der Waals surface area contributed by atoms with E-state index in [0.29, 0.717) is 0 Å². The van der Waals surface area contributed by atoms with Crippen molar-refractivity contribution in [1.82, 2.24) is 14.5 Å². The molecule has 1 saturated heterocycles. The second-order valence-corrected chi connectivity index (χ2v) is 5.40. The number of nitrogens with zero attached hydrogens (tertiary/aromatic N) is 3. The van der Waals surface area contributed by atoms with E-state index in [0.717, 1.165) is 18.5 Å². The molecule has 0 aromatic carbocycles. The van der Waals surface area contributed by atoms with Crippen LogP contribution in [0.5, 0.6) is 0 Å². The van der Waals surface area contributed by atoms with Gasteiger partial charge in [0.05, 0.1) is 12.0 Å². The van der Waals surface area contributed by atoms with Crippen molar-refractivity contribution in [3.8, 4) is 0 Å². The normalized spacial score (nSPS) is 30.6. The third-order valence-electron chi connectivity index (χ3n) is 4.23. The molecule has 1 aromatic rings. The van der Waals surface area contributed by atoms with Crippen LogP contribution in [0.3, 0.4) is 0 Å². The molecule has 2 heterocycles. The summed E-state index contributed by atoms with van der Waals surface area (Å²) in [5.74, 6) is 0.984. The molecule has 1 aliphatic heterocycles. The molecule has 3 rings (SSSR count). The summed E-state index contributed by atoms with van der Waals surface area (Å²) in [5, 5.41) is 0. The lowest BCUT2D eigenvalue weighted by Gasteiger charge is -2.37. The first-order valence-electron chi connectivity index (χ1n) is 6.54. The van der Waals surface area contributed by atoms with Gasteiger partial charge in [0.15, 0.2) is 0 Å². The van der Waals surface area contributed by atoms with E-state index < -0.39 is 0 Å². The summed E-state index contributed by atoms with van der Waals surface area (Å²) in [4.78, 5) is 7.12. The van der Waals surface area contributed by atoms with Crippen molar-refractivity contribution in [3.05, 3.63) is 18.2 Å². The molecule has 2 unspecified atom stereocenters. The Kier molecular flexibility index (Phi) is 2.72. The Bertz CT molecular complexity index is 358. The average molecular weight is 219 g/mol. The molecule has 1 aromatic heterocycles. The molecule has 0 spiro atoms. The number of rotatable bonds is 2. The summed E-state index contributed by atoms with van der Waals surface area (Å²) >= 11 is 0. The summed E-state index contributed by atoms with van der Waals surface area (Å²) in [5.41, 5.74) is 1.23. The lowest BCUT2D eigenvalue weighted by Crippen LogP contribution is -2.41. The van der Waals surface area contributed by atoms with Crippen molar-refractivity contribution in [2.45, 2.75) is 44.7 Å². The van der Waals surface area contributed by atoms with Crippen molar-refractivity contribution in [3.63, 3.8) is 0 Å². The van der Waals surface area contributed by atoms with Crippen molar-refractivity contribution in [2.24, 2.45) is 13.0 Å². The van der Waals surface area contributed by atoms with Crippen LogP contribution in [0.15, 0.2) is 12.5 Å². The second kappa shape index (κ2) is 4.21. The van der Waals surface area contributed by atoms with Crippen molar-refractivity contribution >= 4 is 0 Å². The van der Waals surface area contributed by atoms with E-state index in [-0.39, 0.29) is 0 Å². The molecule has 88 valence electrons. The highest BCUT2D eigenvalue weighted by Crippen LogP contribution is 2.37. The van der Waals surface area contributed by atoms with Crippen LogP contribution >= 0.6 is 0 Å². The molecule has 0 amide bonds. The SMILES string of the molecule is Cn1cnc(CN2CCCC3CCCC32)c1. The van der Waals surface area contributed by atoms with Gasteiger partial charge in [0, 0.05) is 25.8 Å². The van der Waals surface area contributed by atoms with E-state index in [4.69, 9.17) is 0 Å². The summed E-state index contributed by atoms with van der Waals surface area (Å²) in [6.45, 7) is 2.33. The Hall–Kier alpha value is -0.830. The van der Waals surface area contributed by atoms with Crippen LogP contribution in [-0.2, 0) is 13.6 Å². The monoisotopic (exact) mass is 219 g/mol. The maximum atomic E-state index is 4.45. The highest BCUT2D eigenvalue weighted by Gasteiger charge is 2.34. The van der Waals surface area contributed by atoms with E-state index in [2.05, 4.69) is 16.1 Å². The number of hydrogen-bond acceptors (Lipinski definition) is 2. The Balaban J connectivity index is 1.69. The van der Waals surface area contributed by atoms with Crippen LogP contribution in [0.25, 0.3) is 0 Å². The second-order valence-electron chi connectivity index (χ2n) is 5.40. The first-order valence-corrected chi connectivity index (χ1v) is 6.54. The fourth-order valence-electron chi connectivity index (χ4n) is 3.51. The number of piperidine rings is 1.